The van der Waals surface area contributed by atoms with Gasteiger partial charge in [-0.25, -0.2) is 0 Å². The number of hydrogen-bond donors (Lipinski definition) is 3. The molecule has 0 aliphatic heterocycles. The molecule has 39 heavy (non-hydrogen) atoms. The Morgan fingerprint density at radius 2 is 0.718 bits per heavy atom. The molecule has 1 aliphatic rings. The van der Waals surface area contributed by atoms with Gasteiger partial charge >= 0.3 is 0 Å². The molecule has 0 aromatic carbocycles. The van der Waals surface area contributed by atoms with Crippen LogP contribution in [0.15, 0.2) is 0 Å². The van der Waals surface area contributed by atoms with Crippen molar-refractivity contribution in [1.82, 2.24) is 16.0 Å². The highest BCUT2D eigenvalue weighted by Gasteiger charge is 2.38. The minimum Gasteiger partial charge on any atom is -0.356 e. The molecule has 0 heterocycles. The Balaban J connectivity index is 2.58. The molecule has 0 saturated heterocycles. The third-order valence-corrected chi connectivity index (χ3v) is 8.09. The highest BCUT2D eigenvalue weighted by molar-refractivity contribution is 5.85. The monoisotopic (exact) mass is 549 g/mol. The maximum absolute atomic E-state index is 13.1. The van der Waals surface area contributed by atoms with Gasteiger partial charge in [0.15, 0.2) is 0 Å². The Morgan fingerprint density at radius 1 is 0.462 bits per heavy atom. The second-order valence-corrected chi connectivity index (χ2v) is 13.4. The van der Waals surface area contributed by atoms with Crippen molar-refractivity contribution < 1.29 is 14.4 Å². The Kier molecular flexibility index (Phi) is 19.3. The van der Waals surface area contributed by atoms with Crippen LogP contribution in [0, 0.1) is 35.5 Å². The van der Waals surface area contributed by atoms with E-state index in [4.69, 9.17) is 0 Å². The predicted octanol–water partition coefficient (Wildman–Crippen LogP) is 7.02. The fourth-order valence-electron chi connectivity index (χ4n) is 5.59. The topological polar surface area (TPSA) is 87.3 Å². The lowest BCUT2D eigenvalue weighted by molar-refractivity contribution is -0.134. The number of rotatable bonds is 21. The first-order chi connectivity index (χ1) is 18.6. The van der Waals surface area contributed by atoms with Gasteiger partial charge in [0.1, 0.15) is 0 Å². The summed E-state index contributed by atoms with van der Waals surface area (Å²) in [5.41, 5.74) is 0. The Labute approximate surface area is 241 Å². The van der Waals surface area contributed by atoms with Crippen LogP contribution in [0.4, 0.5) is 0 Å². The Morgan fingerprint density at radius 3 is 0.949 bits per heavy atom. The van der Waals surface area contributed by atoms with Crippen LogP contribution in [0.5, 0.6) is 0 Å². The fourth-order valence-corrected chi connectivity index (χ4v) is 5.59. The summed E-state index contributed by atoms with van der Waals surface area (Å²) in [6, 6.07) is 0. The zero-order valence-corrected chi connectivity index (χ0v) is 26.4. The van der Waals surface area contributed by atoms with E-state index in [-0.39, 0.29) is 35.5 Å². The molecule has 0 radical (unpaired) electrons. The summed E-state index contributed by atoms with van der Waals surface area (Å²) < 4.78 is 0. The normalized spacial score (nSPS) is 19.5. The molecule has 1 rings (SSSR count). The highest BCUT2D eigenvalue weighted by Crippen LogP contribution is 2.34. The van der Waals surface area contributed by atoms with Gasteiger partial charge in [0.2, 0.25) is 17.7 Å². The molecule has 228 valence electrons. The lowest BCUT2D eigenvalue weighted by Crippen LogP contribution is -2.45. The SMILES string of the molecule is CC(C)CCCCCNC(=O)C1CC(C(=O)NCCCCCC(C)C)CC(C(=O)NCCCCCC(C)C)C1. The summed E-state index contributed by atoms with van der Waals surface area (Å²) in [6.07, 6.45) is 15.1. The molecule has 0 unspecified atom stereocenters. The molecule has 3 amide bonds. The first-order valence-electron chi connectivity index (χ1n) is 16.4. The van der Waals surface area contributed by atoms with E-state index in [9.17, 15) is 14.4 Å². The molecule has 0 spiro atoms. The summed E-state index contributed by atoms with van der Waals surface area (Å²) in [4.78, 5) is 39.2. The van der Waals surface area contributed by atoms with Crippen LogP contribution in [0.25, 0.3) is 0 Å². The molecule has 0 bridgehead atoms. The van der Waals surface area contributed by atoms with Crippen LogP contribution in [-0.2, 0) is 14.4 Å². The summed E-state index contributed by atoms with van der Waals surface area (Å²) in [5, 5.41) is 9.32. The maximum atomic E-state index is 13.1. The highest BCUT2D eigenvalue weighted by atomic mass is 16.2. The Bertz CT molecular complexity index is 581. The quantitative estimate of drug-likeness (QED) is 0.135. The van der Waals surface area contributed by atoms with Gasteiger partial charge in [-0.3, -0.25) is 14.4 Å². The van der Waals surface area contributed by atoms with Gasteiger partial charge < -0.3 is 16.0 Å². The first-order valence-corrected chi connectivity index (χ1v) is 16.4. The molecule has 0 aromatic heterocycles. The van der Waals surface area contributed by atoms with Crippen LogP contribution in [0.2, 0.25) is 0 Å². The van der Waals surface area contributed by atoms with Crippen LogP contribution in [-0.4, -0.2) is 37.4 Å². The lowest BCUT2D eigenvalue weighted by Gasteiger charge is -2.33. The van der Waals surface area contributed by atoms with Crippen LogP contribution >= 0.6 is 0 Å². The minimum atomic E-state index is -0.280. The fraction of sp³-hybridized carbons (Fsp3) is 0.909. The minimum absolute atomic E-state index is 0.0107. The molecular weight excluding hydrogens is 486 g/mol. The second kappa shape index (κ2) is 21.2. The van der Waals surface area contributed by atoms with Gasteiger partial charge in [0, 0.05) is 37.4 Å². The largest absolute Gasteiger partial charge is 0.356 e. The Hall–Kier alpha value is -1.59. The van der Waals surface area contributed by atoms with Crippen molar-refractivity contribution in [2.24, 2.45) is 35.5 Å². The van der Waals surface area contributed by atoms with Crippen LogP contribution in [0.3, 0.4) is 0 Å². The van der Waals surface area contributed by atoms with Crippen molar-refractivity contribution in [3.05, 3.63) is 0 Å². The van der Waals surface area contributed by atoms with Crippen molar-refractivity contribution in [2.75, 3.05) is 19.6 Å². The molecule has 1 fully saturated rings. The van der Waals surface area contributed by atoms with Crippen LogP contribution in [0.1, 0.15) is 138 Å². The van der Waals surface area contributed by atoms with E-state index in [0.29, 0.717) is 56.7 Å². The number of hydrogen-bond acceptors (Lipinski definition) is 3. The van der Waals surface area contributed by atoms with Gasteiger partial charge in [-0.1, -0.05) is 99.3 Å². The lowest BCUT2D eigenvalue weighted by atomic mass is 9.74. The molecule has 6 nitrogen and oxygen atoms in total. The average molecular weight is 550 g/mol. The van der Waals surface area contributed by atoms with E-state index >= 15 is 0 Å². The number of nitrogens with one attached hydrogen (secondary N) is 3. The molecule has 0 atom stereocenters. The first kappa shape index (κ1) is 35.4. The average Bonchev–Trinajstić information content (AvgIpc) is 2.88. The third-order valence-electron chi connectivity index (χ3n) is 8.09. The molecule has 0 aromatic rings. The van der Waals surface area contributed by atoms with E-state index in [1.54, 1.807) is 0 Å². The van der Waals surface area contributed by atoms with E-state index in [1.807, 2.05) is 0 Å². The molecule has 1 aliphatic carbocycles. The molecule has 6 heteroatoms. The van der Waals surface area contributed by atoms with E-state index in [2.05, 4.69) is 57.5 Å². The van der Waals surface area contributed by atoms with Gasteiger partial charge in [-0.15, -0.1) is 0 Å². The van der Waals surface area contributed by atoms with Crippen molar-refractivity contribution >= 4 is 17.7 Å². The third kappa shape index (κ3) is 17.7. The van der Waals surface area contributed by atoms with E-state index in [1.165, 1.54) is 38.5 Å². The number of carbonyl (C=O) groups excluding carboxylic acids is 3. The zero-order chi connectivity index (χ0) is 29.0. The second-order valence-electron chi connectivity index (χ2n) is 13.4. The van der Waals surface area contributed by atoms with Gasteiger partial charge in [0.25, 0.3) is 0 Å². The number of carbonyl (C=O) groups is 3. The van der Waals surface area contributed by atoms with Crippen molar-refractivity contribution in [1.29, 1.82) is 0 Å². The number of unbranched alkanes of at least 4 members (excludes halogenated alkanes) is 6. The van der Waals surface area contributed by atoms with E-state index < -0.39 is 0 Å². The summed E-state index contributed by atoms with van der Waals surface area (Å²) in [5.74, 6) is 1.34. The predicted molar refractivity (Wildman–Crippen MR) is 163 cm³/mol. The maximum Gasteiger partial charge on any atom is 0.223 e. The van der Waals surface area contributed by atoms with Crippen LogP contribution < -0.4 is 16.0 Å². The summed E-state index contributed by atoms with van der Waals surface area (Å²) in [6.45, 7) is 15.5. The van der Waals surface area contributed by atoms with E-state index in [0.717, 1.165) is 38.5 Å². The van der Waals surface area contributed by atoms with Gasteiger partial charge in [-0.05, 0) is 56.3 Å². The molecule has 1 saturated carbocycles. The van der Waals surface area contributed by atoms with Crippen molar-refractivity contribution in [3.8, 4) is 0 Å². The summed E-state index contributed by atoms with van der Waals surface area (Å²) in [7, 11) is 0. The zero-order valence-electron chi connectivity index (χ0n) is 26.4. The van der Waals surface area contributed by atoms with Gasteiger partial charge in [0.05, 0.1) is 0 Å². The standard InChI is InChI=1S/C33H63N3O3/c1-25(2)16-10-7-13-19-34-31(37)28-22-29(32(38)35-20-14-8-11-17-26(3)4)24-30(23-28)33(39)36-21-15-9-12-18-27(5)6/h25-30H,7-24H2,1-6H3,(H,34,37)(H,35,38)(H,36,39). The molecule has 3 N–H and O–H groups in total. The summed E-state index contributed by atoms with van der Waals surface area (Å²) >= 11 is 0. The van der Waals surface area contributed by atoms with Crippen molar-refractivity contribution in [3.63, 3.8) is 0 Å². The molecular formula is C33H63N3O3. The van der Waals surface area contributed by atoms with Crippen molar-refractivity contribution in [2.45, 2.75) is 138 Å². The van der Waals surface area contributed by atoms with Gasteiger partial charge in [-0.2, -0.15) is 0 Å². The smallest absolute Gasteiger partial charge is 0.223 e. The number of amides is 3.